The first-order chi connectivity index (χ1) is 8.07. The number of nitrogens with zero attached hydrogens (tertiary/aromatic N) is 2. The minimum absolute atomic E-state index is 0.630. The summed E-state index contributed by atoms with van der Waals surface area (Å²) in [6.07, 6.45) is 7.26. The second kappa shape index (κ2) is 10.1. The molecule has 100 valence electrons. The molecule has 0 fully saturated rings. The van der Waals surface area contributed by atoms with Crippen LogP contribution in [-0.2, 0) is 0 Å². The van der Waals surface area contributed by atoms with Crippen LogP contribution in [-0.4, -0.2) is 54.7 Å². The SMILES string of the molecule is CCC=CCCCN(CCCN(C)C)C(=O)O. The molecule has 4 heteroatoms. The fourth-order valence-electron chi connectivity index (χ4n) is 1.57. The van der Waals surface area contributed by atoms with Crippen LogP contribution in [0.1, 0.15) is 32.6 Å². The first kappa shape index (κ1) is 16.0. The van der Waals surface area contributed by atoms with Crippen molar-refractivity contribution in [1.82, 2.24) is 9.80 Å². The van der Waals surface area contributed by atoms with Gasteiger partial charge in [0, 0.05) is 13.1 Å². The van der Waals surface area contributed by atoms with E-state index in [4.69, 9.17) is 5.11 Å². The van der Waals surface area contributed by atoms with Crippen LogP contribution in [0.15, 0.2) is 12.2 Å². The fourth-order valence-corrected chi connectivity index (χ4v) is 1.57. The Kier molecular flexibility index (Phi) is 9.53. The molecule has 0 aliphatic carbocycles. The van der Waals surface area contributed by atoms with Crippen LogP contribution in [0.2, 0.25) is 0 Å². The quantitative estimate of drug-likeness (QED) is 0.499. The Hall–Kier alpha value is -1.03. The van der Waals surface area contributed by atoms with Crippen molar-refractivity contribution in [3.05, 3.63) is 12.2 Å². The predicted octanol–water partition coefficient (Wildman–Crippen LogP) is 2.66. The van der Waals surface area contributed by atoms with Crippen LogP contribution >= 0.6 is 0 Å². The number of allylic oxidation sites excluding steroid dienone is 2. The van der Waals surface area contributed by atoms with Crippen LogP contribution < -0.4 is 0 Å². The Labute approximate surface area is 105 Å². The molecule has 1 amide bonds. The summed E-state index contributed by atoms with van der Waals surface area (Å²) in [5.74, 6) is 0. The lowest BCUT2D eigenvalue weighted by molar-refractivity contribution is 0.142. The number of carboxylic acid groups (broad SMARTS) is 1. The molecule has 0 aromatic heterocycles. The lowest BCUT2D eigenvalue weighted by atomic mass is 10.2. The number of carbonyl (C=O) groups is 1. The number of rotatable bonds is 9. The molecule has 0 aliphatic heterocycles. The normalized spacial score (nSPS) is 11.3. The van der Waals surface area contributed by atoms with Gasteiger partial charge in [0.1, 0.15) is 0 Å². The van der Waals surface area contributed by atoms with E-state index >= 15 is 0 Å². The molecule has 0 saturated carbocycles. The molecule has 0 radical (unpaired) electrons. The van der Waals surface area contributed by atoms with Gasteiger partial charge in [0.25, 0.3) is 0 Å². The molecule has 0 bridgehead atoms. The van der Waals surface area contributed by atoms with E-state index in [1.54, 1.807) is 0 Å². The van der Waals surface area contributed by atoms with Crippen LogP contribution in [0.5, 0.6) is 0 Å². The molecule has 4 nitrogen and oxygen atoms in total. The molecule has 0 aromatic carbocycles. The van der Waals surface area contributed by atoms with Crippen LogP contribution in [0.4, 0.5) is 4.79 Å². The zero-order chi connectivity index (χ0) is 13.1. The van der Waals surface area contributed by atoms with Crippen molar-refractivity contribution >= 4 is 6.09 Å². The van der Waals surface area contributed by atoms with Gasteiger partial charge in [-0.15, -0.1) is 0 Å². The second-order valence-corrected chi connectivity index (χ2v) is 4.45. The van der Waals surface area contributed by atoms with Crippen molar-refractivity contribution in [1.29, 1.82) is 0 Å². The van der Waals surface area contributed by atoms with E-state index < -0.39 is 6.09 Å². The molecule has 1 N–H and O–H groups in total. The molecule has 0 unspecified atom stereocenters. The highest BCUT2D eigenvalue weighted by molar-refractivity contribution is 5.64. The number of unbranched alkanes of at least 4 members (excludes halogenated alkanes) is 1. The summed E-state index contributed by atoms with van der Waals surface area (Å²) in [7, 11) is 4.00. The number of hydrogen-bond acceptors (Lipinski definition) is 2. The maximum absolute atomic E-state index is 11.0. The van der Waals surface area contributed by atoms with Gasteiger partial charge in [-0.3, -0.25) is 0 Å². The molecular weight excluding hydrogens is 216 g/mol. The van der Waals surface area contributed by atoms with E-state index in [1.165, 1.54) is 4.90 Å². The molecule has 0 spiro atoms. The third-order valence-corrected chi connectivity index (χ3v) is 2.51. The summed E-state index contributed by atoms with van der Waals surface area (Å²) in [5, 5.41) is 9.04. The summed E-state index contributed by atoms with van der Waals surface area (Å²) >= 11 is 0. The van der Waals surface area contributed by atoms with Gasteiger partial charge in [-0.05, 0) is 46.3 Å². The molecule has 17 heavy (non-hydrogen) atoms. The molecule has 0 aromatic rings. The molecular formula is C13H26N2O2. The van der Waals surface area contributed by atoms with Crippen LogP contribution in [0, 0.1) is 0 Å². The van der Waals surface area contributed by atoms with Gasteiger partial charge < -0.3 is 14.9 Å². The van der Waals surface area contributed by atoms with Crippen LogP contribution in [0.25, 0.3) is 0 Å². The standard InChI is InChI=1S/C13H26N2O2/c1-4-5-6-7-8-11-15(13(16)17)12-9-10-14(2)3/h5-6H,4,7-12H2,1-3H3,(H,16,17). The maximum atomic E-state index is 11.0. The molecule has 0 saturated heterocycles. The zero-order valence-electron chi connectivity index (χ0n) is 11.4. The van der Waals surface area contributed by atoms with Gasteiger partial charge in [-0.1, -0.05) is 19.1 Å². The summed E-state index contributed by atoms with van der Waals surface area (Å²) in [4.78, 5) is 14.6. The first-order valence-corrected chi connectivity index (χ1v) is 6.35. The Balaban J connectivity index is 3.75. The molecule has 0 atom stereocenters. The Morgan fingerprint density at radius 2 is 1.76 bits per heavy atom. The van der Waals surface area contributed by atoms with Gasteiger partial charge in [0.05, 0.1) is 0 Å². The zero-order valence-corrected chi connectivity index (χ0v) is 11.4. The smallest absolute Gasteiger partial charge is 0.407 e. The minimum atomic E-state index is -0.803. The van der Waals surface area contributed by atoms with E-state index in [1.807, 2.05) is 14.1 Å². The van der Waals surface area contributed by atoms with E-state index in [9.17, 15) is 4.79 Å². The van der Waals surface area contributed by atoms with E-state index in [2.05, 4.69) is 24.0 Å². The topological polar surface area (TPSA) is 43.8 Å². The number of amides is 1. The van der Waals surface area contributed by atoms with Gasteiger partial charge in [-0.25, -0.2) is 4.79 Å². The largest absolute Gasteiger partial charge is 0.465 e. The van der Waals surface area contributed by atoms with E-state index in [-0.39, 0.29) is 0 Å². The third-order valence-electron chi connectivity index (χ3n) is 2.51. The monoisotopic (exact) mass is 242 g/mol. The summed E-state index contributed by atoms with van der Waals surface area (Å²) in [6.45, 7) is 4.29. The van der Waals surface area contributed by atoms with Crippen LogP contribution in [0.3, 0.4) is 0 Å². The van der Waals surface area contributed by atoms with E-state index in [0.29, 0.717) is 13.1 Å². The third kappa shape index (κ3) is 9.87. The Morgan fingerprint density at radius 1 is 1.12 bits per heavy atom. The Bertz CT molecular complexity index is 227. The van der Waals surface area contributed by atoms with Crippen molar-refractivity contribution in [3.63, 3.8) is 0 Å². The average Bonchev–Trinajstić information content (AvgIpc) is 2.25. The molecule has 0 aliphatic rings. The Morgan fingerprint density at radius 3 is 2.29 bits per heavy atom. The van der Waals surface area contributed by atoms with Gasteiger partial charge in [0.15, 0.2) is 0 Å². The second-order valence-electron chi connectivity index (χ2n) is 4.45. The fraction of sp³-hybridized carbons (Fsp3) is 0.769. The first-order valence-electron chi connectivity index (χ1n) is 6.35. The highest BCUT2D eigenvalue weighted by Gasteiger charge is 2.09. The molecule has 0 heterocycles. The van der Waals surface area contributed by atoms with Gasteiger partial charge >= 0.3 is 6.09 Å². The summed E-state index contributed by atoms with van der Waals surface area (Å²) in [6, 6.07) is 0. The van der Waals surface area contributed by atoms with Crippen molar-refractivity contribution in [3.8, 4) is 0 Å². The highest BCUT2D eigenvalue weighted by atomic mass is 16.4. The van der Waals surface area contributed by atoms with Crippen molar-refractivity contribution in [2.45, 2.75) is 32.6 Å². The van der Waals surface area contributed by atoms with Crippen molar-refractivity contribution < 1.29 is 9.90 Å². The van der Waals surface area contributed by atoms with Crippen molar-refractivity contribution in [2.24, 2.45) is 0 Å². The van der Waals surface area contributed by atoms with E-state index in [0.717, 1.165) is 32.2 Å². The van der Waals surface area contributed by atoms with Gasteiger partial charge in [0.2, 0.25) is 0 Å². The van der Waals surface area contributed by atoms with Gasteiger partial charge in [-0.2, -0.15) is 0 Å². The highest BCUT2D eigenvalue weighted by Crippen LogP contribution is 2.00. The lowest BCUT2D eigenvalue weighted by Gasteiger charge is -2.19. The predicted molar refractivity (Wildman–Crippen MR) is 71.4 cm³/mol. The summed E-state index contributed by atoms with van der Waals surface area (Å²) < 4.78 is 0. The minimum Gasteiger partial charge on any atom is -0.465 e. The molecule has 0 rings (SSSR count). The van der Waals surface area contributed by atoms with Crippen molar-refractivity contribution in [2.75, 3.05) is 33.7 Å². The number of hydrogen-bond donors (Lipinski definition) is 1. The average molecular weight is 242 g/mol. The maximum Gasteiger partial charge on any atom is 0.407 e. The lowest BCUT2D eigenvalue weighted by Crippen LogP contribution is -2.32. The summed E-state index contributed by atoms with van der Waals surface area (Å²) in [5.41, 5.74) is 0.